The third kappa shape index (κ3) is 3.77. The molecule has 0 aliphatic heterocycles. The predicted octanol–water partition coefficient (Wildman–Crippen LogP) is 5.48. The minimum atomic E-state index is 0.0605. The van der Waals surface area contributed by atoms with Crippen molar-refractivity contribution in [1.29, 1.82) is 0 Å². The molecule has 1 aliphatic carbocycles. The summed E-state index contributed by atoms with van der Waals surface area (Å²) in [6, 6.07) is 10.8. The van der Waals surface area contributed by atoms with Gasteiger partial charge in [-0.25, -0.2) is 9.97 Å². The molecular formula is C23H24N4OS. The quantitative estimate of drug-likeness (QED) is 0.447. The molecule has 1 aliphatic rings. The summed E-state index contributed by atoms with van der Waals surface area (Å²) >= 11 is 1.74. The van der Waals surface area contributed by atoms with E-state index in [-0.39, 0.29) is 5.78 Å². The number of Topliss-reactive ketones (excluding diaryl/α,β-unsaturated/α-hetero) is 1. The lowest BCUT2D eigenvalue weighted by Gasteiger charge is -2.22. The number of nitrogens with one attached hydrogen (secondary N) is 1. The molecule has 1 fully saturated rings. The second-order valence-electron chi connectivity index (χ2n) is 7.93. The van der Waals surface area contributed by atoms with Crippen LogP contribution in [-0.2, 0) is 6.42 Å². The number of fused-ring (bicyclic) bond motifs is 2. The summed E-state index contributed by atoms with van der Waals surface area (Å²) in [5.74, 6) is 0.0605. The summed E-state index contributed by atoms with van der Waals surface area (Å²) in [6.07, 6.45) is 11.1. The maximum Gasteiger partial charge on any atom is 0.184 e. The van der Waals surface area contributed by atoms with Gasteiger partial charge in [0.25, 0.3) is 0 Å². The van der Waals surface area contributed by atoms with Crippen LogP contribution in [0, 0.1) is 0 Å². The van der Waals surface area contributed by atoms with E-state index in [0.29, 0.717) is 11.6 Å². The zero-order valence-electron chi connectivity index (χ0n) is 16.5. The van der Waals surface area contributed by atoms with Crippen molar-refractivity contribution in [2.24, 2.45) is 0 Å². The van der Waals surface area contributed by atoms with Gasteiger partial charge in [-0.2, -0.15) is 0 Å². The van der Waals surface area contributed by atoms with Crippen LogP contribution >= 0.6 is 11.3 Å². The number of hydrogen-bond acceptors (Lipinski definition) is 5. The number of benzene rings is 1. The molecule has 0 spiro atoms. The Morgan fingerprint density at radius 1 is 1.21 bits per heavy atom. The summed E-state index contributed by atoms with van der Waals surface area (Å²) in [5.41, 5.74) is 4.91. The van der Waals surface area contributed by atoms with Crippen molar-refractivity contribution in [2.75, 3.05) is 5.32 Å². The van der Waals surface area contributed by atoms with Crippen molar-refractivity contribution in [3.8, 4) is 0 Å². The number of carbonyl (C=O) groups is 1. The number of imidazole rings is 1. The monoisotopic (exact) mass is 404 g/mol. The summed E-state index contributed by atoms with van der Waals surface area (Å²) in [6.45, 7) is 1.58. The highest BCUT2D eigenvalue weighted by atomic mass is 32.1. The number of anilines is 1. The molecule has 1 aromatic carbocycles. The molecule has 0 bridgehead atoms. The van der Waals surface area contributed by atoms with Crippen molar-refractivity contribution in [2.45, 2.75) is 51.5 Å². The van der Waals surface area contributed by atoms with E-state index < -0.39 is 0 Å². The molecule has 0 unspecified atom stereocenters. The van der Waals surface area contributed by atoms with Crippen LogP contribution in [0.1, 0.15) is 60.6 Å². The average molecular weight is 405 g/mol. The van der Waals surface area contributed by atoms with Crippen LogP contribution in [-0.4, -0.2) is 26.2 Å². The Hall–Kier alpha value is -2.73. The summed E-state index contributed by atoms with van der Waals surface area (Å²) < 4.78 is 3.27. The van der Waals surface area contributed by atoms with Gasteiger partial charge in [-0.15, -0.1) is 0 Å². The highest BCUT2D eigenvalue weighted by Gasteiger charge is 2.15. The molecule has 0 radical (unpaired) electrons. The van der Waals surface area contributed by atoms with Crippen LogP contribution in [0.2, 0.25) is 0 Å². The first kappa shape index (κ1) is 18.3. The van der Waals surface area contributed by atoms with Gasteiger partial charge in [0.05, 0.1) is 10.2 Å². The summed E-state index contributed by atoms with van der Waals surface area (Å²) in [7, 11) is 0. The second-order valence-corrected chi connectivity index (χ2v) is 8.96. The number of thiazole rings is 1. The zero-order chi connectivity index (χ0) is 19.8. The smallest absolute Gasteiger partial charge is 0.184 e. The number of hydrogen-bond donors (Lipinski definition) is 1. The van der Waals surface area contributed by atoms with E-state index in [0.717, 1.165) is 28.4 Å². The Morgan fingerprint density at radius 3 is 2.90 bits per heavy atom. The van der Waals surface area contributed by atoms with Crippen LogP contribution in [0.4, 0.5) is 5.13 Å². The fraction of sp³-hybridized carbons (Fsp3) is 0.348. The molecule has 5 nitrogen and oxygen atoms in total. The van der Waals surface area contributed by atoms with E-state index >= 15 is 0 Å². The van der Waals surface area contributed by atoms with Gasteiger partial charge in [-0.1, -0.05) is 36.7 Å². The van der Waals surface area contributed by atoms with Gasteiger partial charge in [0.1, 0.15) is 5.65 Å². The lowest BCUT2D eigenvalue weighted by atomic mass is 9.96. The molecule has 0 amide bonds. The number of aromatic nitrogens is 3. The van der Waals surface area contributed by atoms with Gasteiger partial charge < -0.3 is 9.72 Å². The van der Waals surface area contributed by atoms with E-state index in [4.69, 9.17) is 4.98 Å². The molecule has 3 aromatic heterocycles. The molecule has 148 valence electrons. The van der Waals surface area contributed by atoms with Crippen molar-refractivity contribution < 1.29 is 4.79 Å². The third-order valence-electron chi connectivity index (χ3n) is 5.77. The van der Waals surface area contributed by atoms with Gasteiger partial charge in [0.2, 0.25) is 0 Å². The molecule has 4 aromatic rings. The number of rotatable bonds is 5. The van der Waals surface area contributed by atoms with E-state index in [1.54, 1.807) is 18.3 Å². The highest BCUT2D eigenvalue weighted by Crippen LogP contribution is 2.30. The number of nitrogens with zero attached hydrogens (tertiary/aromatic N) is 3. The SMILES string of the molecule is CC(=O)c1ccn2c(Cc3ccc4nc(NC5CCCCC5)sc4c3)cnc2c1. The maximum atomic E-state index is 11.6. The van der Waals surface area contributed by atoms with Gasteiger partial charge >= 0.3 is 0 Å². The van der Waals surface area contributed by atoms with E-state index in [1.165, 1.54) is 42.4 Å². The molecule has 0 saturated heterocycles. The van der Waals surface area contributed by atoms with Crippen LogP contribution in [0.25, 0.3) is 15.9 Å². The minimum Gasteiger partial charge on any atom is -0.359 e. The Labute approximate surface area is 173 Å². The Bertz CT molecular complexity index is 1190. The Balaban J connectivity index is 1.37. The van der Waals surface area contributed by atoms with E-state index in [2.05, 4.69) is 32.9 Å². The third-order valence-corrected chi connectivity index (χ3v) is 6.72. The van der Waals surface area contributed by atoms with Gasteiger partial charge in [0.15, 0.2) is 10.9 Å². The fourth-order valence-electron chi connectivity index (χ4n) is 4.15. The first-order chi connectivity index (χ1) is 14.2. The molecule has 29 heavy (non-hydrogen) atoms. The van der Waals surface area contributed by atoms with E-state index in [9.17, 15) is 4.79 Å². The van der Waals surface area contributed by atoms with E-state index in [1.807, 2.05) is 24.5 Å². The standard InChI is InChI=1S/C23H24N4OS/c1-15(28)17-9-10-27-19(14-24-22(27)13-17)11-16-7-8-20-21(12-16)29-23(26-20)25-18-5-3-2-4-6-18/h7-10,12-14,18H,2-6,11H2,1H3,(H,25,26). The van der Waals surface area contributed by atoms with Gasteiger partial charge in [-0.05, 0) is 49.6 Å². The largest absolute Gasteiger partial charge is 0.359 e. The van der Waals surface area contributed by atoms with Crippen LogP contribution in [0.15, 0.2) is 42.7 Å². The summed E-state index contributed by atoms with van der Waals surface area (Å²) in [5, 5.41) is 4.68. The minimum absolute atomic E-state index is 0.0605. The van der Waals surface area contributed by atoms with Gasteiger partial charge in [-0.3, -0.25) is 4.79 Å². The Morgan fingerprint density at radius 2 is 2.07 bits per heavy atom. The van der Waals surface area contributed by atoms with Crippen LogP contribution in [0.3, 0.4) is 0 Å². The van der Waals surface area contributed by atoms with Crippen molar-refractivity contribution >= 4 is 38.1 Å². The molecule has 0 atom stereocenters. The first-order valence-corrected chi connectivity index (χ1v) is 11.1. The topological polar surface area (TPSA) is 59.3 Å². The lowest BCUT2D eigenvalue weighted by Crippen LogP contribution is -2.21. The highest BCUT2D eigenvalue weighted by molar-refractivity contribution is 7.22. The normalized spacial score (nSPS) is 15.2. The molecule has 1 N–H and O–H groups in total. The number of carbonyl (C=O) groups excluding carboxylic acids is 1. The summed E-state index contributed by atoms with van der Waals surface area (Å²) in [4.78, 5) is 20.9. The fourth-order valence-corrected chi connectivity index (χ4v) is 5.16. The molecular weight excluding hydrogens is 380 g/mol. The Kier molecular flexibility index (Phi) is 4.79. The van der Waals surface area contributed by atoms with Crippen molar-refractivity contribution in [3.63, 3.8) is 0 Å². The molecule has 1 saturated carbocycles. The van der Waals surface area contributed by atoms with Crippen LogP contribution < -0.4 is 5.32 Å². The average Bonchev–Trinajstić information content (AvgIpc) is 3.31. The van der Waals surface area contributed by atoms with Crippen molar-refractivity contribution in [1.82, 2.24) is 14.4 Å². The molecule has 5 rings (SSSR count). The number of pyridine rings is 1. The zero-order valence-corrected chi connectivity index (χ0v) is 17.3. The second kappa shape index (κ2) is 7.59. The maximum absolute atomic E-state index is 11.6. The number of ketones is 1. The van der Waals surface area contributed by atoms with Crippen molar-refractivity contribution in [3.05, 3.63) is 59.5 Å². The van der Waals surface area contributed by atoms with Gasteiger partial charge in [0, 0.05) is 36.1 Å². The predicted molar refractivity (Wildman–Crippen MR) is 118 cm³/mol. The first-order valence-electron chi connectivity index (χ1n) is 10.3. The lowest BCUT2D eigenvalue weighted by molar-refractivity contribution is 0.101. The molecule has 6 heteroatoms. The molecule has 3 heterocycles. The van der Waals surface area contributed by atoms with Crippen LogP contribution in [0.5, 0.6) is 0 Å².